The molecule has 7 nitrogen and oxygen atoms in total. The lowest BCUT2D eigenvalue weighted by molar-refractivity contribution is -0.154. The molecule has 0 radical (unpaired) electrons. The number of carbonyl (C=O) groups is 2. The first-order chi connectivity index (χ1) is 11.2. The van der Waals surface area contributed by atoms with Gasteiger partial charge in [0.15, 0.2) is 11.5 Å². The van der Waals surface area contributed by atoms with Crippen molar-refractivity contribution in [2.24, 2.45) is 0 Å². The van der Waals surface area contributed by atoms with Crippen LogP contribution in [0.3, 0.4) is 0 Å². The quantitative estimate of drug-likeness (QED) is 0.615. The smallest absolute Gasteiger partial charge is 0.343 e. The Bertz CT molecular complexity index is 831. The van der Waals surface area contributed by atoms with E-state index >= 15 is 0 Å². The summed E-state index contributed by atoms with van der Waals surface area (Å²) in [5.74, 6) is 0.0437. The lowest BCUT2D eigenvalue weighted by Crippen LogP contribution is -2.38. The van der Waals surface area contributed by atoms with Gasteiger partial charge in [-0.2, -0.15) is 0 Å². The minimum atomic E-state index is -1.24. The molecule has 4 rings (SSSR count). The molecule has 0 aliphatic carbocycles. The molecule has 1 unspecified atom stereocenters. The van der Waals surface area contributed by atoms with E-state index in [-0.39, 0.29) is 20.0 Å². The summed E-state index contributed by atoms with van der Waals surface area (Å²) in [4.78, 5) is 28.8. The van der Waals surface area contributed by atoms with E-state index in [1.807, 2.05) is 0 Å². The van der Waals surface area contributed by atoms with Crippen LogP contribution in [0, 0.1) is 0 Å². The standard InChI is InChI=1S/C16H13NO6/c1-2-20-16(19)15-13(18)8-5-9-10(17-11(8)6-21-15)3-4-12-14(9)23-7-22-12/h3-5,15H,2,6-7H2,1H3. The summed E-state index contributed by atoms with van der Waals surface area (Å²) in [6.45, 7) is 2.07. The second kappa shape index (κ2) is 5.20. The number of ether oxygens (including phenoxy) is 4. The average Bonchev–Trinajstić information content (AvgIpc) is 3.03. The number of ketones is 1. The van der Waals surface area contributed by atoms with Crippen LogP contribution in [0.4, 0.5) is 0 Å². The van der Waals surface area contributed by atoms with Gasteiger partial charge in [-0.3, -0.25) is 4.79 Å². The molecule has 0 fully saturated rings. The maximum atomic E-state index is 12.5. The SMILES string of the molecule is CCOC(=O)C1OCc2nc3ccc4c(c3cc2C1=O)OCO4. The van der Waals surface area contributed by atoms with E-state index in [1.165, 1.54) is 0 Å². The fourth-order valence-electron chi connectivity index (χ4n) is 2.75. The maximum absolute atomic E-state index is 12.5. The van der Waals surface area contributed by atoms with Gasteiger partial charge in [0, 0.05) is 10.9 Å². The maximum Gasteiger partial charge on any atom is 0.343 e. The van der Waals surface area contributed by atoms with E-state index < -0.39 is 17.9 Å². The van der Waals surface area contributed by atoms with Crippen LogP contribution in [0.25, 0.3) is 10.9 Å². The molecule has 1 aromatic carbocycles. The Labute approximate surface area is 131 Å². The Kier molecular flexibility index (Phi) is 3.16. The summed E-state index contributed by atoms with van der Waals surface area (Å²) in [6, 6.07) is 5.25. The van der Waals surface area contributed by atoms with Gasteiger partial charge < -0.3 is 18.9 Å². The molecule has 7 heteroatoms. The minimum Gasteiger partial charge on any atom is -0.464 e. The largest absolute Gasteiger partial charge is 0.464 e. The zero-order chi connectivity index (χ0) is 16.0. The zero-order valence-electron chi connectivity index (χ0n) is 12.3. The van der Waals surface area contributed by atoms with Crippen LogP contribution in [0.15, 0.2) is 18.2 Å². The number of benzene rings is 1. The second-order valence-electron chi connectivity index (χ2n) is 5.16. The molecule has 2 aliphatic rings. The molecule has 1 aromatic heterocycles. The van der Waals surface area contributed by atoms with Gasteiger partial charge in [0.25, 0.3) is 0 Å². The second-order valence-corrected chi connectivity index (χ2v) is 5.16. The van der Waals surface area contributed by atoms with Crippen molar-refractivity contribution >= 4 is 22.7 Å². The number of pyridine rings is 1. The number of aromatic nitrogens is 1. The number of nitrogens with zero attached hydrogens (tertiary/aromatic N) is 1. The Morgan fingerprint density at radius 3 is 3.09 bits per heavy atom. The van der Waals surface area contributed by atoms with Crippen molar-refractivity contribution in [3.63, 3.8) is 0 Å². The van der Waals surface area contributed by atoms with Crippen molar-refractivity contribution in [1.82, 2.24) is 4.98 Å². The Hall–Kier alpha value is -2.67. The summed E-state index contributed by atoms with van der Waals surface area (Å²) in [5.41, 5.74) is 1.53. The summed E-state index contributed by atoms with van der Waals surface area (Å²) in [5, 5.41) is 0.677. The van der Waals surface area contributed by atoms with Crippen LogP contribution in [-0.2, 0) is 20.9 Å². The number of esters is 1. The molecule has 0 amide bonds. The van der Waals surface area contributed by atoms with E-state index in [2.05, 4.69) is 4.98 Å². The molecule has 23 heavy (non-hydrogen) atoms. The van der Waals surface area contributed by atoms with Crippen LogP contribution in [-0.4, -0.2) is 36.2 Å². The van der Waals surface area contributed by atoms with Gasteiger partial charge in [0.05, 0.1) is 24.4 Å². The number of hydrogen-bond acceptors (Lipinski definition) is 7. The number of rotatable bonds is 2. The highest BCUT2D eigenvalue weighted by Gasteiger charge is 2.36. The van der Waals surface area contributed by atoms with Gasteiger partial charge in [-0.15, -0.1) is 0 Å². The number of carbonyl (C=O) groups excluding carboxylic acids is 2. The Balaban J connectivity index is 1.81. The monoisotopic (exact) mass is 315 g/mol. The van der Waals surface area contributed by atoms with Gasteiger partial charge in [-0.05, 0) is 25.1 Å². The average molecular weight is 315 g/mol. The zero-order valence-corrected chi connectivity index (χ0v) is 12.3. The normalized spacial score (nSPS) is 18.8. The molecule has 0 bridgehead atoms. The molecule has 0 saturated heterocycles. The topological polar surface area (TPSA) is 84.0 Å². The van der Waals surface area contributed by atoms with Crippen LogP contribution < -0.4 is 9.47 Å². The third kappa shape index (κ3) is 2.12. The van der Waals surface area contributed by atoms with Gasteiger partial charge in [-0.1, -0.05) is 0 Å². The first kappa shape index (κ1) is 14.0. The van der Waals surface area contributed by atoms with Crippen LogP contribution in [0.2, 0.25) is 0 Å². The predicted octanol–water partition coefficient (Wildman–Crippen LogP) is 1.61. The van der Waals surface area contributed by atoms with E-state index in [0.29, 0.717) is 33.7 Å². The highest BCUT2D eigenvalue weighted by atomic mass is 16.7. The lowest BCUT2D eigenvalue weighted by atomic mass is 9.99. The third-order valence-electron chi connectivity index (χ3n) is 3.80. The number of hydrogen-bond donors (Lipinski definition) is 0. The van der Waals surface area contributed by atoms with Crippen LogP contribution in [0.5, 0.6) is 11.5 Å². The first-order valence-corrected chi connectivity index (χ1v) is 7.23. The third-order valence-corrected chi connectivity index (χ3v) is 3.80. The molecular formula is C16H13NO6. The van der Waals surface area contributed by atoms with Crippen molar-refractivity contribution in [3.8, 4) is 11.5 Å². The van der Waals surface area contributed by atoms with Gasteiger partial charge in [0.1, 0.15) is 0 Å². The molecule has 2 aliphatic heterocycles. The molecule has 0 saturated carbocycles. The molecule has 1 atom stereocenters. The molecule has 3 heterocycles. The van der Waals surface area contributed by atoms with Gasteiger partial charge in [-0.25, -0.2) is 9.78 Å². The highest BCUT2D eigenvalue weighted by molar-refractivity contribution is 6.13. The summed E-state index contributed by atoms with van der Waals surface area (Å²) in [6.07, 6.45) is -1.24. The number of Topliss-reactive ketones (excluding diaryl/α,β-unsaturated/α-hetero) is 1. The lowest BCUT2D eigenvalue weighted by Gasteiger charge is -2.22. The molecular weight excluding hydrogens is 302 g/mol. The molecule has 118 valence electrons. The predicted molar refractivity (Wildman–Crippen MR) is 77.4 cm³/mol. The highest BCUT2D eigenvalue weighted by Crippen LogP contribution is 2.39. The summed E-state index contributed by atoms with van der Waals surface area (Å²) < 4.78 is 21.0. The van der Waals surface area contributed by atoms with E-state index in [9.17, 15) is 9.59 Å². The molecule has 0 N–H and O–H groups in total. The van der Waals surface area contributed by atoms with Crippen LogP contribution >= 0.6 is 0 Å². The first-order valence-electron chi connectivity index (χ1n) is 7.23. The number of fused-ring (bicyclic) bond motifs is 4. The van der Waals surface area contributed by atoms with E-state index in [1.54, 1.807) is 25.1 Å². The summed E-state index contributed by atoms with van der Waals surface area (Å²) in [7, 11) is 0. The summed E-state index contributed by atoms with van der Waals surface area (Å²) >= 11 is 0. The Morgan fingerprint density at radius 2 is 2.26 bits per heavy atom. The van der Waals surface area contributed by atoms with E-state index in [0.717, 1.165) is 0 Å². The van der Waals surface area contributed by atoms with Crippen molar-refractivity contribution in [1.29, 1.82) is 0 Å². The van der Waals surface area contributed by atoms with Crippen molar-refractivity contribution in [3.05, 3.63) is 29.5 Å². The van der Waals surface area contributed by atoms with Gasteiger partial charge >= 0.3 is 5.97 Å². The fourth-order valence-corrected chi connectivity index (χ4v) is 2.75. The van der Waals surface area contributed by atoms with Crippen molar-refractivity contribution in [2.45, 2.75) is 19.6 Å². The Morgan fingerprint density at radius 1 is 1.39 bits per heavy atom. The van der Waals surface area contributed by atoms with Crippen molar-refractivity contribution < 1.29 is 28.5 Å². The van der Waals surface area contributed by atoms with Gasteiger partial charge in [0.2, 0.25) is 18.7 Å². The fraction of sp³-hybridized carbons (Fsp3) is 0.312. The van der Waals surface area contributed by atoms with Crippen LogP contribution in [0.1, 0.15) is 23.0 Å². The molecule has 2 aromatic rings. The molecule has 0 spiro atoms. The van der Waals surface area contributed by atoms with E-state index in [4.69, 9.17) is 18.9 Å². The minimum absolute atomic E-state index is 0.0783. The van der Waals surface area contributed by atoms with Crippen molar-refractivity contribution in [2.75, 3.05) is 13.4 Å².